The van der Waals surface area contributed by atoms with E-state index in [1.807, 2.05) is 6.92 Å². The third-order valence-electron chi connectivity index (χ3n) is 1.36. The summed E-state index contributed by atoms with van der Waals surface area (Å²) in [5, 5.41) is 7.35. The number of hydrogen-bond donors (Lipinski definition) is 0. The van der Waals surface area contributed by atoms with Gasteiger partial charge in [0.05, 0.1) is 18.5 Å². The number of rotatable bonds is 2. The van der Waals surface area contributed by atoms with Crippen LogP contribution in [0, 0.1) is 0 Å². The summed E-state index contributed by atoms with van der Waals surface area (Å²) in [6.45, 7) is 4.04. The Morgan fingerprint density at radius 2 is 2.42 bits per heavy atom. The van der Waals surface area contributed by atoms with Crippen molar-refractivity contribution >= 4 is 6.09 Å². The lowest BCUT2D eigenvalue weighted by Crippen LogP contribution is -2.13. The van der Waals surface area contributed by atoms with E-state index in [1.54, 1.807) is 13.1 Å². The van der Waals surface area contributed by atoms with Crippen molar-refractivity contribution in [1.82, 2.24) is 15.0 Å². The Morgan fingerprint density at radius 3 is 2.92 bits per heavy atom. The molecule has 1 aromatic heterocycles. The van der Waals surface area contributed by atoms with E-state index in [9.17, 15) is 4.79 Å². The molecule has 0 aliphatic rings. The highest BCUT2D eigenvalue weighted by Crippen LogP contribution is 1.94. The van der Waals surface area contributed by atoms with Crippen molar-refractivity contribution in [2.24, 2.45) is 0 Å². The smallest absolute Gasteiger partial charge is 0.436 e. The van der Waals surface area contributed by atoms with Crippen molar-refractivity contribution in [2.45, 2.75) is 20.3 Å². The predicted octanol–water partition coefficient (Wildman–Crippen LogP) is 0.845. The van der Waals surface area contributed by atoms with Gasteiger partial charge in [0.25, 0.3) is 0 Å². The van der Waals surface area contributed by atoms with Gasteiger partial charge in [-0.1, -0.05) is 12.1 Å². The molecule has 1 aromatic rings. The number of carbonyl (C=O) groups excluding carboxylic acids is 1. The lowest BCUT2D eigenvalue weighted by atomic mass is 10.4. The van der Waals surface area contributed by atoms with Crippen LogP contribution in [0.3, 0.4) is 0 Å². The van der Waals surface area contributed by atoms with Crippen LogP contribution in [0.4, 0.5) is 4.79 Å². The first-order valence-electron chi connectivity index (χ1n) is 3.86. The van der Waals surface area contributed by atoms with Crippen LogP contribution >= 0.6 is 0 Å². The Bertz CT molecular complexity index is 269. The summed E-state index contributed by atoms with van der Waals surface area (Å²) < 4.78 is 5.81. The van der Waals surface area contributed by atoms with Crippen LogP contribution in [0.25, 0.3) is 0 Å². The topological polar surface area (TPSA) is 57.0 Å². The summed E-state index contributed by atoms with van der Waals surface area (Å²) in [5.41, 5.74) is 0.781. The molecule has 0 N–H and O–H groups in total. The Morgan fingerprint density at radius 1 is 1.67 bits per heavy atom. The minimum atomic E-state index is -0.482. The molecule has 5 heteroatoms. The van der Waals surface area contributed by atoms with Gasteiger partial charge in [0.2, 0.25) is 0 Å². The molecule has 5 nitrogen and oxygen atoms in total. The summed E-state index contributed by atoms with van der Waals surface area (Å²) in [6, 6.07) is 0. The molecule has 0 fully saturated rings. The zero-order valence-electron chi connectivity index (χ0n) is 7.15. The first kappa shape index (κ1) is 8.70. The highest BCUT2D eigenvalue weighted by molar-refractivity contribution is 5.68. The first-order chi connectivity index (χ1) is 5.77. The van der Waals surface area contributed by atoms with E-state index in [4.69, 9.17) is 4.74 Å². The molecule has 0 atom stereocenters. The Labute approximate surface area is 70.3 Å². The van der Waals surface area contributed by atoms with Crippen LogP contribution in [0.15, 0.2) is 6.20 Å². The number of carbonyl (C=O) groups is 1. The van der Waals surface area contributed by atoms with Gasteiger partial charge in [-0.3, -0.25) is 0 Å². The summed E-state index contributed by atoms with van der Waals surface area (Å²) in [6.07, 6.45) is 1.85. The van der Waals surface area contributed by atoms with E-state index in [-0.39, 0.29) is 0 Å². The second kappa shape index (κ2) is 3.85. The van der Waals surface area contributed by atoms with Crippen molar-refractivity contribution in [3.8, 4) is 0 Å². The third kappa shape index (κ3) is 1.81. The third-order valence-corrected chi connectivity index (χ3v) is 1.36. The van der Waals surface area contributed by atoms with Crippen molar-refractivity contribution in [1.29, 1.82) is 0 Å². The molecule has 1 rings (SSSR count). The zero-order chi connectivity index (χ0) is 8.97. The molecule has 0 aromatic carbocycles. The van der Waals surface area contributed by atoms with E-state index in [0.29, 0.717) is 6.61 Å². The minimum Gasteiger partial charge on any atom is -0.448 e. The lowest BCUT2D eigenvalue weighted by molar-refractivity contribution is 0.150. The monoisotopic (exact) mass is 169 g/mol. The molecule has 1 heterocycles. The summed E-state index contributed by atoms with van der Waals surface area (Å²) in [5.74, 6) is 0. The fourth-order valence-electron chi connectivity index (χ4n) is 0.739. The van der Waals surface area contributed by atoms with Gasteiger partial charge in [0, 0.05) is 0 Å². The Balaban J connectivity index is 2.68. The van der Waals surface area contributed by atoms with Crippen LogP contribution < -0.4 is 0 Å². The number of hydrogen-bond acceptors (Lipinski definition) is 4. The largest absolute Gasteiger partial charge is 0.448 e. The molecule has 0 amide bonds. The first-order valence-corrected chi connectivity index (χ1v) is 3.86. The van der Waals surface area contributed by atoms with Crippen LogP contribution in [0.2, 0.25) is 0 Å². The second-order valence-electron chi connectivity index (χ2n) is 2.21. The van der Waals surface area contributed by atoms with Crippen molar-refractivity contribution in [3.05, 3.63) is 11.9 Å². The van der Waals surface area contributed by atoms with Gasteiger partial charge in [-0.25, -0.2) is 4.79 Å². The van der Waals surface area contributed by atoms with Crippen molar-refractivity contribution in [2.75, 3.05) is 6.61 Å². The number of nitrogens with zero attached hydrogens (tertiary/aromatic N) is 3. The van der Waals surface area contributed by atoms with Gasteiger partial charge in [-0.05, 0) is 13.3 Å². The van der Waals surface area contributed by atoms with Gasteiger partial charge in [0.15, 0.2) is 0 Å². The Hall–Kier alpha value is -1.39. The fourth-order valence-corrected chi connectivity index (χ4v) is 0.739. The number of aromatic nitrogens is 3. The van der Waals surface area contributed by atoms with E-state index in [0.717, 1.165) is 16.8 Å². The molecule has 12 heavy (non-hydrogen) atoms. The van der Waals surface area contributed by atoms with Gasteiger partial charge in [0.1, 0.15) is 0 Å². The molecular formula is C7H11N3O2. The molecule has 0 aliphatic carbocycles. The number of aryl methyl sites for hydroxylation is 1. The van der Waals surface area contributed by atoms with Crippen LogP contribution in [0.5, 0.6) is 0 Å². The predicted molar refractivity (Wildman–Crippen MR) is 41.8 cm³/mol. The maximum atomic E-state index is 11.0. The fraction of sp³-hybridized carbons (Fsp3) is 0.571. The normalized spacial score (nSPS) is 9.83. The van der Waals surface area contributed by atoms with Gasteiger partial charge in [-0.15, -0.1) is 5.10 Å². The summed E-state index contributed by atoms with van der Waals surface area (Å²) >= 11 is 0. The molecule has 66 valence electrons. The average Bonchev–Trinajstić information content (AvgIpc) is 2.52. The van der Waals surface area contributed by atoms with Crippen LogP contribution in [-0.4, -0.2) is 27.7 Å². The van der Waals surface area contributed by atoms with Gasteiger partial charge in [-0.2, -0.15) is 4.68 Å². The maximum absolute atomic E-state index is 11.0. The highest BCUT2D eigenvalue weighted by atomic mass is 16.6. The maximum Gasteiger partial charge on any atom is 0.436 e. The molecule has 0 spiro atoms. The van der Waals surface area contributed by atoms with Crippen molar-refractivity contribution in [3.63, 3.8) is 0 Å². The second-order valence-corrected chi connectivity index (χ2v) is 2.21. The molecular weight excluding hydrogens is 158 g/mol. The standard InChI is InChI=1S/C7H11N3O2/c1-3-6-5-10(9-8-6)7(11)12-4-2/h5H,3-4H2,1-2H3. The van der Waals surface area contributed by atoms with Crippen LogP contribution in [-0.2, 0) is 11.2 Å². The number of ether oxygens (including phenoxy) is 1. The van der Waals surface area contributed by atoms with Crippen LogP contribution in [0.1, 0.15) is 19.5 Å². The molecule has 0 saturated heterocycles. The quantitative estimate of drug-likeness (QED) is 0.658. The average molecular weight is 169 g/mol. The highest BCUT2D eigenvalue weighted by Gasteiger charge is 2.06. The molecule has 0 radical (unpaired) electrons. The van der Waals surface area contributed by atoms with Crippen molar-refractivity contribution < 1.29 is 9.53 Å². The SMILES string of the molecule is CCOC(=O)n1cc(CC)nn1. The minimum absolute atomic E-state index is 0.347. The van der Waals surface area contributed by atoms with E-state index < -0.39 is 6.09 Å². The van der Waals surface area contributed by atoms with Gasteiger partial charge >= 0.3 is 6.09 Å². The summed E-state index contributed by atoms with van der Waals surface area (Å²) in [4.78, 5) is 11.0. The molecule has 0 saturated carbocycles. The molecule has 0 bridgehead atoms. The zero-order valence-corrected chi connectivity index (χ0v) is 7.15. The van der Waals surface area contributed by atoms with E-state index in [2.05, 4.69) is 10.3 Å². The molecule has 0 aliphatic heterocycles. The van der Waals surface area contributed by atoms with E-state index in [1.165, 1.54) is 0 Å². The molecule has 0 unspecified atom stereocenters. The van der Waals surface area contributed by atoms with Gasteiger partial charge < -0.3 is 4.74 Å². The Kier molecular flexibility index (Phi) is 2.79. The lowest BCUT2D eigenvalue weighted by Gasteiger charge is -1.97. The van der Waals surface area contributed by atoms with E-state index >= 15 is 0 Å². The summed E-state index contributed by atoms with van der Waals surface area (Å²) in [7, 11) is 0.